The lowest BCUT2D eigenvalue weighted by molar-refractivity contribution is -0.683. The molecule has 0 saturated heterocycles. The molecule has 3 rings (SSSR count). The summed E-state index contributed by atoms with van der Waals surface area (Å²) in [5.74, 6) is -0.325. The maximum atomic E-state index is 12.5. The van der Waals surface area contributed by atoms with Crippen molar-refractivity contribution >= 4 is 51.0 Å². The second kappa shape index (κ2) is 8.14. The van der Waals surface area contributed by atoms with Gasteiger partial charge >= 0.3 is 11.1 Å². The van der Waals surface area contributed by atoms with E-state index in [0.29, 0.717) is 17.2 Å². The van der Waals surface area contributed by atoms with Gasteiger partial charge in [0.05, 0.1) is 25.0 Å². The largest absolute Gasteiger partial charge is 0.462 e. The predicted octanol–water partition coefficient (Wildman–Crippen LogP) is 3.58. The smallest absolute Gasteiger partial charge is 0.341 e. The molecule has 8 heteroatoms. The molecule has 3 aromatic rings. The second-order valence-corrected chi connectivity index (χ2v) is 8.24. The summed E-state index contributed by atoms with van der Waals surface area (Å²) in [6, 6.07) is 7.98. The first-order valence-electron chi connectivity index (χ1n) is 8.58. The van der Waals surface area contributed by atoms with Crippen molar-refractivity contribution in [1.82, 2.24) is 4.98 Å². The van der Waals surface area contributed by atoms with Crippen LogP contribution in [0, 0.1) is 13.8 Å². The van der Waals surface area contributed by atoms with Gasteiger partial charge in [-0.25, -0.2) is 14.3 Å². The number of ether oxygens (including phenoxy) is 1. The standard InChI is InChI=1S/C19H21N3O3S2/c1-5-25-18(24)16-11(2)12(3)27-17(16)21-15(23)10-26-19-20-13-8-6-7-9-14(13)22(19)4/h6-9H,5,10H2,1-4H3,(H,21,23,24)/p+1. The van der Waals surface area contributed by atoms with Crippen molar-refractivity contribution < 1.29 is 18.9 Å². The molecule has 0 radical (unpaired) electrons. The number of nitrogens with one attached hydrogen (secondary N) is 2. The maximum Gasteiger partial charge on any atom is 0.341 e. The van der Waals surface area contributed by atoms with Crippen LogP contribution < -0.4 is 9.88 Å². The third-order valence-corrected chi connectivity index (χ3v) is 6.45. The summed E-state index contributed by atoms with van der Waals surface area (Å²) >= 11 is 2.82. The molecular weight excluding hydrogens is 382 g/mol. The Bertz CT molecular complexity index is 1010. The van der Waals surface area contributed by atoms with Gasteiger partial charge in [0, 0.05) is 4.88 Å². The first kappa shape index (κ1) is 19.4. The zero-order valence-corrected chi connectivity index (χ0v) is 17.3. The second-order valence-electron chi connectivity index (χ2n) is 6.05. The number of fused-ring (bicyclic) bond motifs is 1. The van der Waals surface area contributed by atoms with E-state index in [4.69, 9.17) is 4.74 Å². The zero-order valence-electron chi connectivity index (χ0n) is 15.7. The van der Waals surface area contributed by atoms with Crippen LogP contribution in [-0.2, 0) is 16.6 Å². The number of hydrogen-bond acceptors (Lipinski definition) is 5. The number of aromatic nitrogens is 2. The Kier molecular flexibility index (Phi) is 5.86. The Morgan fingerprint density at radius 3 is 2.74 bits per heavy atom. The molecule has 1 amide bonds. The molecule has 142 valence electrons. The third-order valence-electron chi connectivity index (χ3n) is 4.27. The van der Waals surface area contributed by atoms with Crippen LogP contribution in [0.25, 0.3) is 11.0 Å². The Labute approximate surface area is 165 Å². The van der Waals surface area contributed by atoms with Crippen molar-refractivity contribution in [3.8, 4) is 0 Å². The van der Waals surface area contributed by atoms with Crippen molar-refractivity contribution in [2.45, 2.75) is 25.9 Å². The van der Waals surface area contributed by atoms with Crippen molar-refractivity contribution in [3.05, 3.63) is 40.3 Å². The Hall–Kier alpha value is -2.32. The molecule has 2 aromatic heterocycles. The number of benzene rings is 1. The number of thiophene rings is 1. The lowest BCUT2D eigenvalue weighted by Gasteiger charge is -2.06. The first-order valence-corrected chi connectivity index (χ1v) is 10.4. The van der Waals surface area contributed by atoms with Gasteiger partial charge in [0.1, 0.15) is 5.00 Å². The van der Waals surface area contributed by atoms with Gasteiger partial charge in [0.2, 0.25) is 5.91 Å². The summed E-state index contributed by atoms with van der Waals surface area (Å²) in [6.07, 6.45) is 0. The Morgan fingerprint density at radius 1 is 1.30 bits per heavy atom. The number of para-hydroxylation sites is 2. The van der Waals surface area contributed by atoms with Gasteiger partial charge in [-0.1, -0.05) is 12.1 Å². The SMILES string of the molecule is CCOC(=O)c1c(NC(=O)CSc2[nH]c3ccccc3[n+]2C)sc(C)c1C. The van der Waals surface area contributed by atoms with E-state index in [1.807, 2.05) is 49.7 Å². The molecule has 0 bridgehead atoms. The summed E-state index contributed by atoms with van der Waals surface area (Å²) in [6.45, 7) is 5.86. The molecule has 0 aliphatic carbocycles. The van der Waals surface area contributed by atoms with Crippen LogP contribution in [-0.4, -0.2) is 29.2 Å². The minimum Gasteiger partial charge on any atom is -0.462 e. The fraction of sp³-hybridized carbons (Fsp3) is 0.316. The number of imidazole rings is 1. The molecule has 1 aromatic carbocycles. The molecule has 0 aliphatic heterocycles. The summed E-state index contributed by atoms with van der Waals surface area (Å²) < 4.78 is 7.15. The van der Waals surface area contributed by atoms with Crippen LogP contribution >= 0.6 is 23.1 Å². The van der Waals surface area contributed by atoms with Gasteiger partial charge in [-0.15, -0.1) is 11.3 Å². The first-order chi connectivity index (χ1) is 12.9. The highest BCUT2D eigenvalue weighted by Crippen LogP contribution is 2.33. The number of H-pyrrole nitrogens is 1. The molecule has 2 N–H and O–H groups in total. The molecular formula is C19H22N3O3S2+. The van der Waals surface area contributed by atoms with Crippen molar-refractivity contribution in [1.29, 1.82) is 0 Å². The van der Waals surface area contributed by atoms with E-state index in [1.54, 1.807) is 6.92 Å². The van der Waals surface area contributed by atoms with E-state index in [-0.39, 0.29) is 11.7 Å². The highest BCUT2D eigenvalue weighted by Gasteiger charge is 2.23. The topological polar surface area (TPSA) is 75.1 Å². The van der Waals surface area contributed by atoms with Crippen LogP contribution in [0.1, 0.15) is 27.7 Å². The minimum atomic E-state index is -0.399. The van der Waals surface area contributed by atoms with E-state index in [0.717, 1.165) is 26.6 Å². The number of aryl methyl sites for hydroxylation is 2. The summed E-state index contributed by atoms with van der Waals surface area (Å²) in [4.78, 5) is 29.0. The van der Waals surface area contributed by atoms with Gasteiger partial charge in [-0.2, -0.15) is 0 Å². The van der Waals surface area contributed by atoms with Crippen LogP contribution in [0.5, 0.6) is 0 Å². The molecule has 0 fully saturated rings. The highest BCUT2D eigenvalue weighted by molar-refractivity contribution is 7.99. The monoisotopic (exact) mass is 404 g/mol. The molecule has 0 saturated carbocycles. The number of anilines is 1. The van der Waals surface area contributed by atoms with Gasteiger partial charge in [0.15, 0.2) is 11.0 Å². The van der Waals surface area contributed by atoms with E-state index < -0.39 is 5.97 Å². The van der Waals surface area contributed by atoms with E-state index >= 15 is 0 Å². The normalized spacial score (nSPS) is 11.0. The average molecular weight is 405 g/mol. The van der Waals surface area contributed by atoms with Crippen LogP contribution in [0.2, 0.25) is 0 Å². The zero-order chi connectivity index (χ0) is 19.6. The highest BCUT2D eigenvalue weighted by atomic mass is 32.2. The molecule has 0 unspecified atom stereocenters. The fourth-order valence-corrected chi connectivity index (χ4v) is 4.65. The van der Waals surface area contributed by atoms with E-state index in [1.165, 1.54) is 23.1 Å². The quantitative estimate of drug-likeness (QED) is 0.374. The van der Waals surface area contributed by atoms with Crippen molar-refractivity contribution in [2.24, 2.45) is 7.05 Å². The van der Waals surface area contributed by atoms with Gasteiger partial charge in [-0.05, 0) is 50.2 Å². The summed E-state index contributed by atoms with van der Waals surface area (Å²) in [5.41, 5.74) is 3.41. The van der Waals surface area contributed by atoms with Crippen LogP contribution in [0.15, 0.2) is 29.4 Å². The molecule has 0 aliphatic rings. The maximum absolute atomic E-state index is 12.5. The van der Waals surface area contributed by atoms with Crippen LogP contribution in [0.3, 0.4) is 0 Å². The molecule has 27 heavy (non-hydrogen) atoms. The number of nitrogens with zero attached hydrogens (tertiary/aromatic N) is 1. The number of aromatic amines is 1. The number of carbonyl (C=O) groups is 2. The van der Waals surface area contributed by atoms with Gasteiger partial charge in [-0.3, -0.25) is 4.79 Å². The number of rotatable bonds is 6. The molecule has 6 nitrogen and oxygen atoms in total. The van der Waals surface area contributed by atoms with Crippen molar-refractivity contribution in [3.63, 3.8) is 0 Å². The van der Waals surface area contributed by atoms with E-state index in [9.17, 15) is 9.59 Å². The fourth-order valence-electron chi connectivity index (χ4n) is 2.77. The number of carbonyl (C=O) groups excluding carboxylic acids is 2. The number of hydrogen-bond donors (Lipinski definition) is 2. The molecule has 2 heterocycles. The molecule has 0 atom stereocenters. The van der Waals surface area contributed by atoms with Gasteiger partial charge < -0.3 is 10.1 Å². The van der Waals surface area contributed by atoms with Crippen molar-refractivity contribution in [2.75, 3.05) is 17.7 Å². The number of amides is 1. The predicted molar refractivity (Wildman–Crippen MR) is 109 cm³/mol. The third kappa shape index (κ3) is 4.01. The summed E-state index contributed by atoms with van der Waals surface area (Å²) in [7, 11) is 1.96. The Morgan fingerprint density at radius 2 is 2.04 bits per heavy atom. The Balaban J connectivity index is 1.72. The number of thioether (sulfide) groups is 1. The minimum absolute atomic E-state index is 0.162. The van der Waals surface area contributed by atoms with E-state index in [2.05, 4.69) is 10.3 Å². The molecule has 0 spiro atoms. The summed E-state index contributed by atoms with van der Waals surface area (Å²) in [5, 5.41) is 4.32. The number of esters is 1. The average Bonchev–Trinajstić information content (AvgIpc) is 3.10. The lowest BCUT2D eigenvalue weighted by atomic mass is 10.1. The van der Waals surface area contributed by atoms with Crippen LogP contribution in [0.4, 0.5) is 5.00 Å². The lowest BCUT2D eigenvalue weighted by Crippen LogP contribution is -2.29. The van der Waals surface area contributed by atoms with Gasteiger partial charge in [0.25, 0.3) is 0 Å².